The van der Waals surface area contributed by atoms with Crippen LogP contribution in [0.15, 0.2) is 0 Å². The minimum atomic E-state index is -3.73. The lowest BCUT2D eigenvalue weighted by Gasteiger charge is -2.26. The van der Waals surface area contributed by atoms with Crippen molar-refractivity contribution in [3.8, 4) is 0 Å². The lowest BCUT2D eigenvalue weighted by atomic mass is 9.88. The Bertz CT molecular complexity index is 521. The summed E-state index contributed by atoms with van der Waals surface area (Å²) in [6.45, 7) is 2.14. The Balaban J connectivity index is 1.82. The minimum absolute atomic E-state index is 0.0723. The second-order valence-electron chi connectivity index (χ2n) is 6.55. The summed E-state index contributed by atoms with van der Waals surface area (Å²) in [6.07, 6.45) is 5.01. The average molecular weight is 332 g/mol. The van der Waals surface area contributed by atoms with Crippen LogP contribution < -0.4 is 10.0 Å². The Morgan fingerprint density at radius 3 is 2.23 bits per heavy atom. The van der Waals surface area contributed by atoms with Gasteiger partial charge in [-0.1, -0.05) is 6.92 Å². The van der Waals surface area contributed by atoms with E-state index in [1.54, 1.807) is 0 Å². The number of sulfonamides is 1. The summed E-state index contributed by atoms with van der Waals surface area (Å²) >= 11 is 0. The summed E-state index contributed by atoms with van der Waals surface area (Å²) in [5, 5.41) is 11.4. The average Bonchev–Trinajstić information content (AvgIpc) is 3.22. The molecule has 0 aromatic rings. The molecule has 1 unspecified atom stereocenters. The molecule has 0 aromatic carbocycles. The van der Waals surface area contributed by atoms with Crippen LogP contribution in [-0.2, 0) is 19.6 Å². The molecule has 0 heterocycles. The molecule has 0 saturated heterocycles. The molecule has 22 heavy (non-hydrogen) atoms. The summed E-state index contributed by atoms with van der Waals surface area (Å²) in [5.74, 6) is -2.04. The lowest BCUT2D eigenvalue weighted by molar-refractivity contribution is -0.142. The highest BCUT2D eigenvalue weighted by Crippen LogP contribution is 2.32. The Labute approximate surface area is 130 Å². The molecule has 1 atom stereocenters. The van der Waals surface area contributed by atoms with Crippen LogP contribution in [0.3, 0.4) is 0 Å². The number of carbonyl (C=O) groups is 2. The van der Waals surface area contributed by atoms with Crippen LogP contribution in [0.5, 0.6) is 0 Å². The number of aliphatic carboxylic acids is 1. The van der Waals surface area contributed by atoms with Crippen LogP contribution in [-0.4, -0.2) is 43.2 Å². The van der Waals surface area contributed by atoms with E-state index in [9.17, 15) is 18.0 Å². The number of carbonyl (C=O) groups excluding carboxylic acids is 1. The number of hydrogen-bond acceptors (Lipinski definition) is 4. The van der Waals surface area contributed by atoms with Crippen LogP contribution in [0, 0.1) is 11.8 Å². The fourth-order valence-corrected chi connectivity index (χ4v) is 4.13. The van der Waals surface area contributed by atoms with E-state index in [2.05, 4.69) is 17.0 Å². The molecule has 2 fully saturated rings. The predicted octanol–water partition coefficient (Wildman–Crippen LogP) is 0.464. The summed E-state index contributed by atoms with van der Waals surface area (Å²) in [6, 6.07) is -1.09. The summed E-state index contributed by atoms with van der Waals surface area (Å²) in [4.78, 5) is 22.9. The maximum Gasteiger partial charge on any atom is 0.326 e. The van der Waals surface area contributed by atoms with Gasteiger partial charge in [-0.25, -0.2) is 17.9 Å². The fraction of sp³-hybridized carbons (Fsp3) is 0.857. The van der Waals surface area contributed by atoms with E-state index in [0.29, 0.717) is 5.92 Å². The topological polar surface area (TPSA) is 113 Å². The van der Waals surface area contributed by atoms with Gasteiger partial charge in [-0.2, -0.15) is 0 Å². The van der Waals surface area contributed by atoms with E-state index >= 15 is 0 Å². The van der Waals surface area contributed by atoms with Gasteiger partial charge in [0.15, 0.2) is 0 Å². The molecule has 126 valence electrons. The lowest BCUT2D eigenvalue weighted by Crippen LogP contribution is -2.47. The molecular formula is C14H24N2O5S. The van der Waals surface area contributed by atoms with Crippen molar-refractivity contribution in [2.45, 2.75) is 57.5 Å². The molecule has 2 saturated carbocycles. The molecule has 0 spiro atoms. The number of rotatable bonds is 7. The van der Waals surface area contributed by atoms with Gasteiger partial charge in [-0.3, -0.25) is 4.79 Å². The van der Waals surface area contributed by atoms with Gasteiger partial charge >= 0.3 is 5.97 Å². The predicted molar refractivity (Wildman–Crippen MR) is 80.6 cm³/mol. The molecule has 8 heteroatoms. The highest BCUT2D eigenvalue weighted by atomic mass is 32.2. The minimum Gasteiger partial charge on any atom is -0.480 e. The van der Waals surface area contributed by atoms with Gasteiger partial charge in [-0.15, -0.1) is 0 Å². The smallest absolute Gasteiger partial charge is 0.326 e. The van der Waals surface area contributed by atoms with E-state index < -0.39 is 33.7 Å². The Kier molecular flexibility index (Phi) is 5.44. The van der Waals surface area contributed by atoms with Crippen LogP contribution >= 0.6 is 0 Å². The first-order valence-electron chi connectivity index (χ1n) is 7.79. The molecule has 0 aromatic heterocycles. The van der Waals surface area contributed by atoms with Gasteiger partial charge in [0.05, 0.1) is 0 Å². The van der Waals surface area contributed by atoms with Crippen molar-refractivity contribution in [2.75, 3.05) is 5.75 Å². The number of carboxylic acids is 1. The van der Waals surface area contributed by atoms with Crippen LogP contribution in [0.25, 0.3) is 0 Å². The monoisotopic (exact) mass is 332 g/mol. The van der Waals surface area contributed by atoms with Gasteiger partial charge < -0.3 is 10.4 Å². The molecule has 0 bridgehead atoms. The SMILES string of the molecule is CC1CCC(NS(=O)(=O)CC(=O)NC(C(=O)O)C2CC2)CC1. The maximum atomic E-state index is 12.0. The maximum absolute atomic E-state index is 12.0. The van der Waals surface area contributed by atoms with Gasteiger partial charge in [0.1, 0.15) is 11.8 Å². The molecular weight excluding hydrogens is 308 g/mol. The molecule has 0 radical (unpaired) electrons. The quantitative estimate of drug-likeness (QED) is 0.627. The summed E-state index contributed by atoms with van der Waals surface area (Å²) in [7, 11) is -3.73. The van der Waals surface area contributed by atoms with E-state index in [1.807, 2.05) is 0 Å². The van der Waals surface area contributed by atoms with Crippen molar-refractivity contribution in [3.05, 3.63) is 0 Å². The third-order valence-corrected chi connectivity index (χ3v) is 5.69. The van der Waals surface area contributed by atoms with Crippen molar-refractivity contribution in [1.82, 2.24) is 10.0 Å². The van der Waals surface area contributed by atoms with Crippen molar-refractivity contribution in [1.29, 1.82) is 0 Å². The molecule has 2 aliphatic rings. The van der Waals surface area contributed by atoms with E-state index in [0.717, 1.165) is 38.5 Å². The first kappa shape index (κ1) is 17.2. The van der Waals surface area contributed by atoms with Crippen molar-refractivity contribution in [2.24, 2.45) is 11.8 Å². The van der Waals surface area contributed by atoms with Crippen molar-refractivity contribution >= 4 is 21.9 Å². The number of hydrogen-bond donors (Lipinski definition) is 3. The second kappa shape index (κ2) is 6.95. The number of amides is 1. The zero-order valence-electron chi connectivity index (χ0n) is 12.7. The molecule has 1 amide bonds. The van der Waals surface area contributed by atoms with Gasteiger partial charge in [0.25, 0.3) is 0 Å². The van der Waals surface area contributed by atoms with Gasteiger partial charge in [0, 0.05) is 6.04 Å². The van der Waals surface area contributed by atoms with Crippen LogP contribution in [0.2, 0.25) is 0 Å². The largest absolute Gasteiger partial charge is 0.480 e. The second-order valence-corrected chi connectivity index (χ2v) is 8.31. The standard InChI is InChI=1S/C14H24N2O5S/c1-9-2-6-11(7-3-9)16-22(20,21)8-12(17)15-13(14(18)19)10-4-5-10/h9-11,13,16H,2-8H2,1H3,(H,15,17)(H,18,19). The normalized spacial score (nSPS) is 27.1. The number of nitrogens with one attached hydrogen (secondary N) is 2. The van der Waals surface area contributed by atoms with Crippen LogP contribution in [0.4, 0.5) is 0 Å². The van der Waals surface area contributed by atoms with Gasteiger partial charge in [-0.05, 0) is 50.4 Å². The molecule has 7 nitrogen and oxygen atoms in total. The Hall–Kier alpha value is -1.15. The number of carboxylic acid groups (broad SMARTS) is 1. The summed E-state index contributed by atoms with van der Waals surface area (Å²) in [5.41, 5.74) is 0. The third-order valence-electron chi connectivity index (χ3n) is 4.36. The first-order chi connectivity index (χ1) is 10.3. The van der Waals surface area contributed by atoms with Crippen LogP contribution in [0.1, 0.15) is 45.4 Å². The zero-order valence-corrected chi connectivity index (χ0v) is 13.6. The zero-order chi connectivity index (χ0) is 16.3. The molecule has 3 N–H and O–H groups in total. The van der Waals surface area contributed by atoms with E-state index in [-0.39, 0.29) is 12.0 Å². The third kappa shape index (κ3) is 5.24. The molecule has 0 aliphatic heterocycles. The van der Waals surface area contributed by atoms with E-state index in [4.69, 9.17) is 5.11 Å². The van der Waals surface area contributed by atoms with Gasteiger partial charge in [0.2, 0.25) is 15.9 Å². The fourth-order valence-electron chi connectivity index (χ4n) is 2.87. The van der Waals surface area contributed by atoms with Crippen molar-refractivity contribution < 1.29 is 23.1 Å². The first-order valence-corrected chi connectivity index (χ1v) is 9.44. The van der Waals surface area contributed by atoms with E-state index in [1.165, 1.54) is 0 Å². The summed E-state index contributed by atoms with van der Waals surface area (Å²) < 4.78 is 26.6. The van der Waals surface area contributed by atoms with Crippen molar-refractivity contribution in [3.63, 3.8) is 0 Å². The molecule has 2 rings (SSSR count). The Morgan fingerprint density at radius 2 is 1.73 bits per heavy atom. The highest BCUT2D eigenvalue weighted by molar-refractivity contribution is 7.90. The molecule has 2 aliphatic carbocycles. The highest BCUT2D eigenvalue weighted by Gasteiger charge is 2.38. The Morgan fingerprint density at radius 1 is 1.14 bits per heavy atom.